The van der Waals surface area contributed by atoms with Crippen LogP contribution in [0.3, 0.4) is 0 Å². The fraction of sp³-hybridized carbons (Fsp3) is 0.632. The van der Waals surface area contributed by atoms with Gasteiger partial charge in [0, 0.05) is 19.0 Å². The van der Waals surface area contributed by atoms with Gasteiger partial charge in [0.25, 0.3) is 0 Å². The number of benzene rings is 1. The molecule has 9 heteroatoms. The van der Waals surface area contributed by atoms with Gasteiger partial charge in [-0.25, -0.2) is 0 Å². The van der Waals surface area contributed by atoms with Crippen LogP contribution in [0.1, 0.15) is 18.4 Å². The normalized spacial score (nSPS) is 35.3. The van der Waals surface area contributed by atoms with Crippen LogP contribution in [0.15, 0.2) is 18.2 Å². The second-order valence-corrected chi connectivity index (χ2v) is 7.35. The highest BCUT2D eigenvalue weighted by Crippen LogP contribution is 2.44. The first-order valence-corrected chi connectivity index (χ1v) is 9.07. The number of rotatable bonds is 5. The maximum absolute atomic E-state index is 12.4. The van der Waals surface area contributed by atoms with Gasteiger partial charge in [0.2, 0.25) is 0 Å². The maximum atomic E-state index is 12.4. The molecule has 6 atom stereocenters. The molecule has 1 aromatic carbocycles. The molecule has 1 aliphatic carbocycles. The fourth-order valence-corrected chi connectivity index (χ4v) is 4.36. The zero-order chi connectivity index (χ0) is 20.6. The molecule has 1 heterocycles. The van der Waals surface area contributed by atoms with Gasteiger partial charge in [-0.1, -0.05) is 6.07 Å². The Morgan fingerprint density at radius 1 is 1.18 bits per heavy atom. The van der Waals surface area contributed by atoms with Crippen molar-refractivity contribution in [3.05, 3.63) is 23.8 Å². The minimum atomic E-state index is -1.74. The molecule has 1 aliphatic heterocycles. The summed E-state index contributed by atoms with van der Waals surface area (Å²) in [6, 6.07) is 3.73. The van der Waals surface area contributed by atoms with E-state index in [0.29, 0.717) is 11.5 Å². The summed E-state index contributed by atoms with van der Waals surface area (Å²) < 4.78 is 15.4. The molecule has 28 heavy (non-hydrogen) atoms. The summed E-state index contributed by atoms with van der Waals surface area (Å²) >= 11 is 0. The average Bonchev–Trinajstić information content (AvgIpc) is 2.98. The van der Waals surface area contributed by atoms with E-state index in [-0.39, 0.29) is 19.4 Å². The Bertz CT molecular complexity index is 728. The lowest BCUT2D eigenvalue weighted by Crippen LogP contribution is -2.64. The number of likely N-dealkylation sites (tertiary alicyclic amines) is 1. The van der Waals surface area contributed by atoms with E-state index in [9.17, 15) is 25.2 Å². The summed E-state index contributed by atoms with van der Waals surface area (Å²) in [5, 5.41) is 41.7. The van der Waals surface area contributed by atoms with E-state index in [2.05, 4.69) is 0 Å². The molecule has 0 unspecified atom stereocenters. The van der Waals surface area contributed by atoms with Crippen molar-refractivity contribution in [3.63, 3.8) is 0 Å². The Balaban J connectivity index is 1.95. The van der Waals surface area contributed by atoms with Gasteiger partial charge in [0.15, 0.2) is 11.5 Å². The molecule has 3 rings (SSSR count). The standard InChI is InChI=1S/C19H27NO8/c1-26-13-5-4-10(6-14(13)27-2)9-20-11(18(24)28-3)8-19(25)15(20)7-12(21)16(22)17(19)23/h4-6,11-12,15-17,21-23,25H,7-9H2,1-3H3/t11-,12-,15+,16-,17-,19-/m0/s1. The van der Waals surface area contributed by atoms with E-state index in [1.165, 1.54) is 21.3 Å². The Kier molecular flexibility index (Phi) is 5.83. The third-order valence-corrected chi connectivity index (χ3v) is 5.88. The van der Waals surface area contributed by atoms with E-state index in [4.69, 9.17) is 14.2 Å². The number of fused-ring (bicyclic) bond motifs is 1. The first-order valence-electron chi connectivity index (χ1n) is 9.07. The van der Waals surface area contributed by atoms with Gasteiger partial charge < -0.3 is 34.6 Å². The third kappa shape index (κ3) is 3.33. The zero-order valence-electron chi connectivity index (χ0n) is 16.1. The van der Waals surface area contributed by atoms with Crippen molar-refractivity contribution in [2.45, 2.75) is 55.4 Å². The molecular formula is C19H27NO8. The topological polar surface area (TPSA) is 129 Å². The number of aliphatic hydroxyl groups excluding tert-OH is 3. The van der Waals surface area contributed by atoms with Gasteiger partial charge in [-0.2, -0.15) is 0 Å². The fourth-order valence-electron chi connectivity index (χ4n) is 4.36. The van der Waals surface area contributed by atoms with E-state index in [1.807, 2.05) is 0 Å². The van der Waals surface area contributed by atoms with Gasteiger partial charge in [-0.05, 0) is 24.1 Å². The summed E-state index contributed by atoms with van der Waals surface area (Å²) in [6.45, 7) is 0.239. The summed E-state index contributed by atoms with van der Waals surface area (Å²) in [6.07, 6.45) is -4.38. The van der Waals surface area contributed by atoms with Crippen LogP contribution < -0.4 is 9.47 Å². The second kappa shape index (κ2) is 7.84. The SMILES string of the molecule is COC(=O)[C@@H]1C[C@@]2(O)[C@@H](O)[C@@H](O)[C@@H](O)C[C@H]2N1Cc1ccc(OC)c(OC)c1. The Morgan fingerprint density at radius 3 is 2.46 bits per heavy atom. The van der Waals surface area contributed by atoms with Gasteiger partial charge in [-0.3, -0.25) is 9.69 Å². The molecule has 0 aromatic heterocycles. The summed E-state index contributed by atoms with van der Waals surface area (Å²) in [7, 11) is 4.30. The molecule has 2 fully saturated rings. The molecule has 1 saturated heterocycles. The summed E-state index contributed by atoms with van der Waals surface area (Å²) in [4.78, 5) is 14.1. The third-order valence-electron chi connectivity index (χ3n) is 5.88. The first kappa shape index (κ1) is 20.8. The average molecular weight is 397 g/mol. The van der Waals surface area contributed by atoms with Crippen LogP contribution in [0.2, 0.25) is 0 Å². The highest BCUT2D eigenvalue weighted by Gasteiger charge is 2.62. The maximum Gasteiger partial charge on any atom is 0.323 e. The van der Waals surface area contributed by atoms with Crippen molar-refractivity contribution >= 4 is 5.97 Å². The molecule has 0 amide bonds. The van der Waals surface area contributed by atoms with Crippen LogP contribution in [0.4, 0.5) is 0 Å². The second-order valence-electron chi connectivity index (χ2n) is 7.35. The predicted octanol–water partition coefficient (Wildman–Crippen LogP) is -0.963. The Hall–Kier alpha value is -1.91. The van der Waals surface area contributed by atoms with Crippen LogP contribution in [0.5, 0.6) is 11.5 Å². The Morgan fingerprint density at radius 2 is 1.86 bits per heavy atom. The molecule has 0 spiro atoms. The van der Waals surface area contributed by atoms with Crippen LogP contribution in [-0.2, 0) is 16.1 Å². The predicted molar refractivity (Wildman–Crippen MR) is 96.9 cm³/mol. The highest BCUT2D eigenvalue weighted by molar-refractivity contribution is 5.76. The summed E-state index contributed by atoms with van der Waals surface area (Å²) in [5.41, 5.74) is -0.959. The van der Waals surface area contributed by atoms with Crippen molar-refractivity contribution in [1.29, 1.82) is 0 Å². The highest BCUT2D eigenvalue weighted by atomic mass is 16.5. The van der Waals surface area contributed by atoms with Gasteiger partial charge in [-0.15, -0.1) is 0 Å². The van der Waals surface area contributed by atoms with Crippen molar-refractivity contribution in [1.82, 2.24) is 4.90 Å². The molecule has 0 bridgehead atoms. The van der Waals surface area contributed by atoms with E-state index < -0.39 is 42.0 Å². The molecule has 4 N–H and O–H groups in total. The van der Waals surface area contributed by atoms with Crippen molar-refractivity contribution < 1.29 is 39.4 Å². The summed E-state index contributed by atoms with van der Waals surface area (Å²) in [5.74, 6) is 0.517. The van der Waals surface area contributed by atoms with Crippen LogP contribution in [0.25, 0.3) is 0 Å². The number of ether oxygens (including phenoxy) is 3. The number of carbonyl (C=O) groups is 1. The van der Waals surface area contributed by atoms with E-state index in [1.54, 1.807) is 23.1 Å². The number of hydrogen-bond donors (Lipinski definition) is 4. The van der Waals surface area contributed by atoms with Gasteiger partial charge >= 0.3 is 5.97 Å². The monoisotopic (exact) mass is 397 g/mol. The smallest absolute Gasteiger partial charge is 0.323 e. The zero-order valence-corrected chi connectivity index (χ0v) is 16.1. The number of carbonyl (C=O) groups excluding carboxylic acids is 1. The number of aliphatic hydroxyl groups is 4. The number of methoxy groups -OCH3 is 3. The van der Waals surface area contributed by atoms with Crippen molar-refractivity contribution in [2.75, 3.05) is 21.3 Å². The van der Waals surface area contributed by atoms with Crippen LogP contribution >= 0.6 is 0 Å². The lowest BCUT2D eigenvalue weighted by Gasteiger charge is -2.45. The molecule has 1 aromatic rings. The van der Waals surface area contributed by atoms with E-state index >= 15 is 0 Å². The van der Waals surface area contributed by atoms with E-state index in [0.717, 1.165) is 5.56 Å². The molecule has 2 aliphatic rings. The van der Waals surface area contributed by atoms with Gasteiger partial charge in [0.1, 0.15) is 23.9 Å². The van der Waals surface area contributed by atoms with Crippen molar-refractivity contribution in [3.8, 4) is 11.5 Å². The minimum Gasteiger partial charge on any atom is -0.493 e. The molecule has 9 nitrogen and oxygen atoms in total. The first-order chi connectivity index (χ1) is 13.3. The molecular weight excluding hydrogens is 370 g/mol. The number of nitrogens with zero attached hydrogens (tertiary/aromatic N) is 1. The van der Waals surface area contributed by atoms with Gasteiger partial charge in [0.05, 0.1) is 27.4 Å². The van der Waals surface area contributed by atoms with Crippen LogP contribution in [-0.4, -0.2) is 88.6 Å². The minimum absolute atomic E-state index is 0.00944. The quantitative estimate of drug-likeness (QED) is 0.464. The number of esters is 1. The van der Waals surface area contributed by atoms with Crippen LogP contribution in [0, 0.1) is 0 Å². The lowest BCUT2D eigenvalue weighted by molar-refractivity contribution is -0.197. The molecule has 156 valence electrons. The number of hydrogen-bond acceptors (Lipinski definition) is 9. The molecule has 1 saturated carbocycles. The lowest BCUT2D eigenvalue weighted by atomic mass is 9.75. The largest absolute Gasteiger partial charge is 0.493 e. The molecule has 0 radical (unpaired) electrons. The van der Waals surface area contributed by atoms with Crippen molar-refractivity contribution in [2.24, 2.45) is 0 Å². The Labute approximate surface area is 163 Å².